The Hall–Kier alpha value is -2.73. The van der Waals surface area contributed by atoms with Crippen molar-refractivity contribution < 1.29 is 14.3 Å². The molecule has 0 radical (unpaired) electrons. The summed E-state index contributed by atoms with van der Waals surface area (Å²) in [4.78, 5) is 28.3. The fraction of sp³-hybridized carbons (Fsp3) is 0.286. The van der Waals surface area contributed by atoms with Gasteiger partial charge < -0.3 is 15.0 Å². The summed E-state index contributed by atoms with van der Waals surface area (Å²) in [5, 5.41) is 4.43. The van der Waals surface area contributed by atoms with Crippen molar-refractivity contribution in [1.82, 2.24) is 10.2 Å². The molecule has 0 unspecified atom stereocenters. The normalized spacial score (nSPS) is 11.6. The molecule has 0 aromatic heterocycles. The molecule has 0 saturated carbocycles. The number of nitrogens with zero attached hydrogens (tertiary/aromatic N) is 1. The fourth-order valence-corrected chi connectivity index (χ4v) is 4.47. The van der Waals surface area contributed by atoms with E-state index >= 15 is 0 Å². The first-order chi connectivity index (χ1) is 17.2. The highest BCUT2D eigenvalue weighted by atomic mass is 35.5. The molecule has 2 amide bonds. The highest BCUT2D eigenvalue weighted by molar-refractivity contribution is 6.35. The lowest BCUT2D eigenvalue weighted by molar-refractivity contribution is -0.142. The Kier molecular flexibility index (Phi) is 10.1. The van der Waals surface area contributed by atoms with Crippen molar-refractivity contribution in [2.45, 2.75) is 39.8 Å². The first-order valence-corrected chi connectivity index (χ1v) is 12.8. The second kappa shape index (κ2) is 13.0. The molecule has 36 heavy (non-hydrogen) atoms. The minimum absolute atomic E-state index is 0.117. The van der Waals surface area contributed by atoms with Crippen LogP contribution >= 0.6 is 34.8 Å². The number of ether oxygens (including phenoxy) is 1. The van der Waals surface area contributed by atoms with Gasteiger partial charge in [-0.2, -0.15) is 0 Å². The second-order valence-corrected chi connectivity index (χ2v) is 9.74. The average molecular weight is 548 g/mol. The molecule has 0 saturated heterocycles. The number of likely N-dealkylation sites (N-methyl/N-ethyl adjacent to an activating group) is 1. The van der Waals surface area contributed by atoms with Gasteiger partial charge in [-0.1, -0.05) is 71.2 Å². The van der Waals surface area contributed by atoms with E-state index in [0.717, 1.165) is 16.7 Å². The lowest BCUT2D eigenvalue weighted by Crippen LogP contribution is -2.51. The van der Waals surface area contributed by atoms with Crippen LogP contribution in [0.3, 0.4) is 0 Å². The summed E-state index contributed by atoms with van der Waals surface area (Å²) in [6.45, 7) is 5.90. The third-order valence-electron chi connectivity index (χ3n) is 5.75. The molecule has 8 heteroatoms. The average Bonchev–Trinajstić information content (AvgIpc) is 2.85. The third-order valence-corrected chi connectivity index (χ3v) is 6.93. The summed E-state index contributed by atoms with van der Waals surface area (Å²) in [6, 6.07) is 17.5. The van der Waals surface area contributed by atoms with Crippen molar-refractivity contribution in [2.24, 2.45) is 0 Å². The lowest BCUT2D eigenvalue weighted by atomic mass is 10.0. The Morgan fingerprint density at radius 1 is 0.972 bits per heavy atom. The minimum Gasteiger partial charge on any atom is -0.484 e. The summed E-state index contributed by atoms with van der Waals surface area (Å²) in [5.41, 5.74) is 3.31. The van der Waals surface area contributed by atoms with E-state index in [0.29, 0.717) is 39.3 Å². The molecule has 1 atom stereocenters. The van der Waals surface area contributed by atoms with Crippen molar-refractivity contribution in [3.8, 4) is 5.75 Å². The van der Waals surface area contributed by atoms with Crippen molar-refractivity contribution in [1.29, 1.82) is 0 Å². The van der Waals surface area contributed by atoms with Crippen LogP contribution in [0.4, 0.5) is 0 Å². The number of nitrogens with one attached hydrogen (secondary N) is 1. The van der Waals surface area contributed by atoms with Gasteiger partial charge in [0.1, 0.15) is 11.8 Å². The zero-order valence-corrected chi connectivity index (χ0v) is 22.8. The second-order valence-electron chi connectivity index (χ2n) is 8.52. The Balaban J connectivity index is 1.93. The number of halogens is 3. The van der Waals surface area contributed by atoms with Gasteiger partial charge in [-0.25, -0.2) is 0 Å². The van der Waals surface area contributed by atoms with Crippen molar-refractivity contribution in [2.75, 3.05) is 13.2 Å². The van der Waals surface area contributed by atoms with Crippen LogP contribution in [0.2, 0.25) is 15.1 Å². The van der Waals surface area contributed by atoms with Gasteiger partial charge in [0.25, 0.3) is 5.91 Å². The van der Waals surface area contributed by atoms with E-state index in [1.165, 1.54) is 4.90 Å². The summed E-state index contributed by atoms with van der Waals surface area (Å²) < 4.78 is 5.86. The first kappa shape index (κ1) is 27.9. The van der Waals surface area contributed by atoms with E-state index in [9.17, 15) is 9.59 Å². The van der Waals surface area contributed by atoms with Crippen LogP contribution in [0.5, 0.6) is 5.75 Å². The predicted octanol–water partition coefficient (Wildman–Crippen LogP) is 6.42. The van der Waals surface area contributed by atoms with Gasteiger partial charge >= 0.3 is 0 Å². The molecule has 0 heterocycles. The molecule has 1 N–H and O–H groups in total. The molecule has 3 rings (SSSR count). The highest BCUT2D eigenvalue weighted by Gasteiger charge is 2.31. The molecule has 0 fully saturated rings. The number of benzene rings is 3. The Bertz CT molecular complexity index is 1190. The number of carbonyl (C=O) groups is 2. The van der Waals surface area contributed by atoms with Crippen LogP contribution in [-0.4, -0.2) is 35.9 Å². The number of rotatable bonds is 10. The van der Waals surface area contributed by atoms with Gasteiger partial charge in [-0.15, -0.1) is 0 Å². The molecular formula is C28H29Cl3N2O3. The van der Waals surface area contributed by atoms with Crippen LogP contribution in [0.15, 0.2) is 60.7 Å². The van der Waals surface area contributed by atoms with E-state index in [-0.39, 0.29) is 25.0 Å². The van der Waals surface area contributed by atoms with E-state index < -0.39 is 6.04 Å². The first-order valence-electron chi connectivity index (χ1n) is 11.6. The van der Waals surface area contributed by atoms with E-state index in [4.69, 9.17) is 39.5 Å². The van der Waals surface area contributed by atoms with Crippen LogP contribution in [0.25, 0.3) is 0 Å². The van der Waals surface area contributed by atoms with Crippen LogP contribution < -0.4 is 10.1 Å². The zero-order valence-electron chi connectivity index (χ0n) is 20.5. The van der Waals surface area contributed by atoms with E-state index in [1.807, 2.05) is 51.1 Å². The van der Waals surface area contributed by atoms with Crippen LogP contribution in [-0.2, 0) is 22.6 Å². The fourth-order valence-electron chi connectivity index (χ4n) is 3.90. The number of carbonyl (C=O) groups excluding carboxylic acids is 2. The Labute approximate surface area is 227 Å². The maximum absolute atomic E-state index is 13.6. The maximum atomic E-state index is 13.6. The van der Waals surface area contributed by atoms with Crippen LogP contribution in [0, 0.1) is 13.8 Å². The summed E-state index contributed by atoms with van der Waals surface area (Å²) in [7, 11) is 0. The molecule has 3 aromatic carbocycles. The molecule has 3 aromatic rings. The van der Waals surface area contributed by atoms with Crippen molar-refractivity contribution in [3.63, 3.8) is 0 Å². The number of hydrogen-bond donors (Lipinski definition) is 1. The van der Waals surface area contributed by atoms with E-state index in [2.05, 4.69) is 5.32 Å². The maximum Gasteiger partial charge on any atom is 0.261 e. The standard InChI is InChI=1S/C28H29Cl3N2O3/c1-4-32-28(35)25(14-20-8-6-5-7-9-20)33(16-21-10-11-22(29)15-24(21)30)26(34)17-36-23-12-18(2)27(31)19(3)13-23/h5-13,15,25H,4,14,16-17H2,1-3H3,(H,32,35)/t25-/m1/s1. The Morgan fingerprint density at radius 2 is 1.64 bits per heavy atom. The molecule has 0 aliphatic heterocycles. The molecule has 0 bridgehead atoms. The van der Waals surface area contributed by atoms with Gasteiger partial charge in [0, 0.05) is 34.6 Å². The van der Waals surface area contributed by atoms with Gasteiger partial charge in [0.05, 0.1) is 0 Å². The minimum atomic E-state index is -0.774. The summed E-state index contributed by atoms with van der Waals surface area (Å²) >= 11 is 18.8. The van der Waals surface area contributed by atoms with E-state index in [1.54, 1.807) is 30.3 Å². The van der Waals surface area contributed by atoms with Gasteiger partial charge in [0.15, 0.2) is 6.61 Å². The number of hydrogen-bond acceptors (Lipinski definition) is 3. The number of amides is 2. The zero-order chi connectivity index (χ0) is 26.2. The third kappa shape index (κ3) is 7.39. The Morgan fingerprint density at radius 3 is 2.25 bits per heavy atom. The quantitative estimate of drug-likeness (QED) is 0.319. The summed E-state index contributed by atoms with van der Waals surface area (Å²) in [5.74, 6) is -0.0683. The van der Waals surface area contributed by atoms with Gasteiger partial charge in [0.2, 0.25) is 5.91 Å². The molecule has 190 valence electrons. The smallest absolute Gasteiger partial charge is 0.261 e. The van der Waals surface area contributed by atoms with Gasteiger partial charge in [-0.3, -0.25) is 9.59 Å². The SMILES string of the molecule is CCNC(=O)[C@@H](Cc1ccccc1)N(Cc1ccc(Cl)cc1Cl)C(=O)COc1cc(C)c(Cl)c(C)c1. The van der Waals surface area contributed by atoms with Gasteiger partial charge in [-0.05, 0) is 67.3 Å². The topological polar surface area (TPSA) is 58.6 Å². The van der Waals surface area contributed by atoms with Crippen molar-refractivity contribution in [3.05, 3.63) is 98.0 Å². The predicted molar refractivity (Wildman–Crippen MR) is 146 cm³/mol. The van der Waals surface area contributed by atoms with Crippen LogP contribution in [0.1, 0.15) is 29.2 Å². The largest absolute Gasteiger partial charge is 0.484 e. The monoisotopic (exact) mass is 546 g/mol. The molecule has 0 aliphatic rings. The summed E-state index contributed by atoms with van der Waals surface area (Å²) in [6.07, 6.45) is 0.336. The number of aryl methyl sites for hydroxylation is 2. The highest BCUT2D eigenvalue weighted by Crippen LogP contribution is 2.27. The van der Waals surface area contributed by atoms with Crippen molar-refractivity contribution >= 4 is 46.6 Å². The molecule has 0 aliphatic carbocycles. The molecular weight excluding hydrogens is 519 g/mol. The lowest BCUT2D eigenvalue weighted by Gasteiger charge is -2.31. The molecule has 0 spiro atoms. The molecule has 5 nitrogen and oxygen atoms in total.